The molecule has 41 heavy (non-hydrogen) atoms. The minimum absolute atomic E-state index is 0.0251. The highest BCUT2D eigenvalue weighted by Gasteiger charge is 2.31. The van der Waals surface area contributed by atoms with Crippen LogP contribution in [0.25, 0.3) is 28.0 Å². The molecule has 212 valence electrons. The molecule has 1 aliphatic heterocycles. The number of carbonyl (C=O) groups is 1. The number of rotatable bonds is 5. The van der Waals surface area contributed by atoms with Gasteiger partial charge in [0.15, 0.2) is 15.5 Å². The van der Waals surface area contributed by atoms with Crippen molar-refractivity contribution in [2.75, 3.05) is 30.8 Å². The smallest absolute Gasteiger partial charge is 0.350 e. The first-order chi connectivity index (χ1) is 19.4. The van der Waals surface area contributed by atoms with Gasteiger partial charge < -0.3 is 9.80 Å². The molecule has 1 saturated heterocycles. The Kier molecular flexibility index (Phi) is 7.20. The minimum Gasteiger partial charge on any atom is -0.350 e. The van der Waals surface area contributed by atoms with Crippen molar-refractivity contribution < 1.29 is 22.0 Å². The molecule has 2 aromatic heterocycles. The van der Waals surface area contributed by atoms with Gasteiger partial charge in [0.1, 0.15) is 23.1 Å². The number of nitrogens with zero attached hydrogens (tertiary/aromatic N) is 5. The van der Waals surface area contributed by atoms with Crippen LogP contribution >= 0.6 is 0 Å². The molecule has 9 nitrogen and oxygen atoms in total. The van der Waals surface area contributed by atoms with E-state index in [-0.39, 0.29) is 57.2 Å². The summed E-state index contributed by atoms with van der Waals surface area (Å²) in [6.45, 7) is 7.89. The van der Waals surface area contributed by atoms with E-state index < -0.39 is 27.2 Å². The predicted molar refractivity (Wildman–Crippen MR) is 152 cm³/mol. The van der Waals surface area contributed by atoms with E-state index in [2.05, 4.69) is 16.5 Å². The first kappa shape index (κ1) is 28.1. The molecular formula is C29H27F2N5O4S. The van der Waals surface area contributed by atoms with E-state index in [1.165, 1.54) is 36.4 Å². The summed E-state index contributed by atoms with van der Waals surface area (Å²) in [5.41, 5.74) is -0.934. The van der Waals surface area contributed by atoms with Crippen LogP contribution in [0, 0.1) is 18.6 Å². The Morgan fingerprint density at radius 1 is 1.07 bits per heavy atom. The predicted octanol–water partition coefficient (Wildman–Crippen LogP) is 3.66. The Balaban J connectivity index is 1.84. The number of para-hydroxylation sites is 1. The van der Waals surface area contributed by atoms with Crippen molar-refractivity contribution in [3.05, 3.63) is 88.9 Å². The molecular weight excluding hydrogens is 552 g/mol. The monoisotopic (exact) mass is 579 g/mol. The lowest BCUT2D eigenvalue weighted by molar-refractivity contribution is -0.126. The maximum atomic E-state index is 15.7. The molecule has 1 fully saturated rings. The fraction of sp³-hybridized carbons (Fsp3) is 0.241. The molecule has 12 heteroatoms. The lowest BCUT2D eigenvalue weighted by atomic mass is 10.1. The number of hydrogen-bond acceptors (Lipinski definition) is 7. The van der Waals surface area contributed by atoms with Gasteiger partial charge in [-0.2, -0.15) is 4.98 Å². The van der Waals surface area contributed by atoms with E-state index in [0.717, 1.165) is 16.9 Å². The fourth-order valence-corrected chi connectivity index (χ4v) is 6.12. The lowest BCUT2D eigenvalue weighted by Gasteiger charge is -2.40. The van der Waals surface area contributed by atoms with Gasteiger partial charge >= 0.3 is 5.69 Å². The molecule has 5 rings (SSSR count). The number of hydrogen-bond donors (Lipinski definition) is 0. The molecule has 2 aromatic carbocycles. The van der Waals surface area contributed by atoms with Gasteiger partial charge in [-0.1, -0.05) is 30.8 Å². The van der Waals surface area contributed by atoms with E-state index >= 15 is 4.39 Å². The topological polar surface area (TPSA) is 105 Å². The van der Waals surface area contributed by atoms with Gasteiger partial charge in [-0.05, 0) is 49.8 Å². The highest BCUT2D eigenvalue weighted by Crippen LogP contribution is 2.34. The molecule has 1 aliphatic rings. The number of benzene rings is 2. The van der Waals surface area contributed by atoms with Crippen LogP contribution in [-0.4, -0.2) is 65.7 Å². The van der Waals surface area contributed by atoms with Crippen LogP contribution in [-0.2, 0) is 14.6 Å². The molecule has 3 heterocycles. The van der Waals surface area contributed by atoms with Crippen LogP contribution in [0.2, 0.25) is 0 Å². The van der Waals surface area contributed by atoms with Crippen LogP contribution in [0.15, 0.2) is 70.9 Å². The zero-order valence-corrected chi connectivity index (χ0v) is 23.5. The van der Waals surface area contributed by atoms with Gasteiger partial charge in [0.25, 0.3) is 0 Å². The van der Waals surface area contributed by atoms with Gasteiger partial charge in [-0.25, -0.2) is 31.5 Å². The van der Waals surface area contributed by atoms with Crippen LogP contribution in [0.4, 0.5) is 14.6 Å². The molecule has 0 N–H and O–H groups in total. The van der Waals surface area contributed by atoms with Gasteiger partial charge in [0, 0.05) is 37.5 Å². The molecule has 0 saturated carbocycles. The van der Waals surface area contributed by atoms with Crippen LogP contribution < -0.4 is 10.6 Å². The number of amides is 1. The van der Waals surface area contributed by atoms with Crippen LogP contribution in [0.5, 0.6) is 0 Å². The highest BCUT2D eigenvalue weighted by atomic mass is 32.2. The average Bonchev–Trinajstić information content (AvgIpc) is 2.92. The Labute approximate surface area is 235 Å². The zero-order chi connectivity index (χ0) is 29.6. The van der Waals surface area contributed by atoms with Crippen LogP contribution in [0.3, 0.4) is 0 Å². The van der Waals surface area contributed by atoms with Gasteiger partial charge in [-0.15, -0.1) is 0 Å². The summed E-state index contributed by atoms with van der Waals surface area (Å²) in [5, 5.41) is 0.125. The number of fused-ring (bicyclic) bond motifs is 1. The normalized spacial score (nSPS) is 15.8. The maximum absolute atomic E-state index is 15.7. The summed E-state index contributed by atoms with van der Waals surface area (Å²) in [7, 11) is -3.83. The number of aryl methyl sites for hydroxylation is 1. The average molecular weight is 580 g/mol. The number of halogens is 2. The SMILES string of the molecule is C=CC(=O)N1CCN(c2nc(=O)n(-c3c(C)cccc3S(C)(=O)=O)c3nc(-c4ccccc4F)c(F)cc23)[C@@H](C)C1. The summed E-state index contributed by atoms with van der Waals surface area (Å²) in [4.78, 5) is 38.0. The number of pyridine rings is 1. The first-order valence-electron chi connectivity index (χ1n) is 12.8. The molecule has 1 amide bonds. The van der Waals surface area contributed by atoms with Gasteiger partial charge in [0.2, 0.25) is 5.91 Å². The number of aromatic nitrogens is 3. The fourth-order valence-electron chi connectivity index (χ4n) is 5.19. The number of piperazine rings is 1. The Bertz CT molecular complexity index is 1890. The Morgan fingerprint density at radius 2 is 1.80 bits per heavy atom. The van der Waals surface area contributed by atoms with E-state index in [9.17, 15) is 22.4 Å². The quantitative estimate of drug-likeness (QED) is 0.332. The van der Waals surface area contributed by atoms with Gasteiger partial charge in [0.05, 0.1) is 16.0 Å². The summed E-state index contributed by atoms with van der Waals surface area (Å²) < 4.78 is 57.1. The third kappa shape index (κ3) is 4.99. The van der Waals surface area contributed by atoms with Crippen molar-refractivity contribution in [2.24, 2.45) is 0 Å². The van der Waals surface area contributed by atoms with Crippen molar-refractivity contribution in [1.82, 2.24) is 19.4 Å². The third-order valence-electron chi connectivity index (χ3n) is 7.14. The van der Waals surface area contributed by atoms with Crippen LogP contribution in [0.1, 0.15) is 12.5 Å². The molecule has 0 bridgehead atoms. The molecule has 0 radical (unpaired) electrons. The molecule has 4 aromatic rings. The summed E-state index contributed by atoms with van der Waals surface area (Å²) in [5.74, 6) is -1.68. The summed E-state index contributed by atoms with van der Waals surface area (Å²) >= 11 is 0. The van der Waals surface area contributed by atoms with Crippen molar-refractivity contribution >= 4 is 32.6 Å². The van der Waals surface area contributed by atoms with E-state index in [1.807, 2.05) is 6.92 Å². The second kappa shape index (κ2) is 10.5. The lowest BCUT2D eigenvalue weighted by Crippen LogP contribution is -2.54. The Hall–Kier alpha value is -4.45. The molecule has 0 aliphatic carbocycles. The molecule has 0 spiro atoms. The van der Waals surface area contributed by atoms with Crippen molar-refractivity contribution in [1.29, 1.82) is 0 Å². The van der Waals surface area contributed by atoms with Crippen molar-refractivity contribution in [3.8, 4) is 16.9 Å². The maximum Gasteiger partial charge on any atom is 0.355 e. The number of sulfone groups is 1. The molecule has 0 unspecified atom stereocenters. The number of anilines is 1. The van der Waals surface area contributed by atoms with E-state index in [0.29, 0.717) is 18.7 Å². The standard InChI is InChI=1S/C29H27F2N5O4S/c1-5-24(37)34-13-14-35(18(3)16-34)27-20-15-22(31)25(19-10-6-7-11-21(19)30)32-28(20)36(29(38)33-27)26-17(2)9-8-12-23(26)41(4,39)40/h5-12,15,18H,1,13-14,16H2,2-4H3/t18-/m0/s1. The molecule has 1 atom stereocenters. The first-order valence-corrected chi connectivity index (χ1v) is 14.7. The van der Waals surface area contributed by atoms with Crippen molar-refractivity contribution in [2.45, 2.75) is 24.8 Å². The minimum atomic E-state index is -3.83. The second-order valence-corrected chi connectivity index (χ2v) is 11.9. The third-order valence-corrected chi connectivity index (χ3v) is 8.27. The van der Waals surface area contributed by atoms with E-state index in [4.69, 9.17) is 0 Å². The second-order valence-electron chi connectivity index (χ2n) is 9.95. The van der Waals surface area contributed by atoms with Gasteiger partial charge in [-0.3, -0.25) is 4.79 Å². The number of carbonyl (C=O) groups excluding carboxylic acids is 1. The van der Waals surface area contributed by atoms with Crippen molar-refractivity contribution in [3.63, 3.8) is 0 Å². The zero-order valence-electron chi connectivity index (χ0n) is 22.6. The summed E-state index contributed by atoms with van der Waals surface area (Å²) in [6, 6.07) is 10.9. The largest absolute Gasteiger partial charge is 0.355 e. The Morgan fingerprint density at radius 3 is 2.46 bits per heavy atom. The highest BCUT2D eigenvalue weighted by molar-refractivity contribution is 7.90. The van der Waals surface area contributed by atoms with E-state index in [1.54, 1.807) is 28.9 Å². The summed E-state index contributed by atoms with van der Waals surface area (Å²) in [6.07, 6.45) is 2.24.